The lowest BCUT2D eigenvalue weighted by Gasteiger charge is -2.17. The molecule has 0 spiro atoms. The molecule has 0 saturated heterocycles. The molecule has 0 aliphatic carbocycles. The first-order valence-electron chi connectivity index (χ1n) is 6.68. The molecule has 0 aliphatic heterocycles. The van der Waals surface area contributed by atoms with Gasteiger partial charge in [0.2, 0.25) is 0 Å². The summed E-state index contributed by atoms with van der Waals surface area (Å²) < 4.78 is 45.3. The standard InChI is InChI=1S/C15H13F3N2O3/c1-3-23-13(21)10-11(9-7-5-4-6-8-9)20(2)14(22)19-12(10)15(16,17)18/h4-8H,3H2,1-2H3. The molecule has 0 aliphatic rings. The van der Waals surface area contributed by atoms with Crippen molar-refractivity contribution < 1.29 is 22.7 Å². The zero-order valence-corrected chi connectivity index (χ0v) is 12.3. The molecule has 1 aromatic carbocycles. The van der Waals surface area contributed by atoms with Gasteiger partial charge in [-0.15, -0.1) is 0 Å². The summed E-state index contributed by atoms with van der Waals surface area (Å²) in [6, 6.07) is 7.83. The van der Waals surface area contributed by atoms with Gasteiger partial charge >= 0.3 is 17.8 Å². The Kier molecular flexibility index (Phi) is 4.53. The van der Waals surface area contributed by atoms with Crippen molar-refractivity contribution in [2.45, 2.75) is 13.1 Å². The first-order valence-corrected chi connectivity index (χ1v) is 6.68. The summed E-state index contributed by atoms with van der Waals surface area (Å²) in [5.41, 5.74) is -3.32. The Morgan fingerprint density at radius 2 is 1.87 bits per heavy atom. The average Bonchev–Trinajstić information content (AvgIpc) is 2.49. The summed E-state index contributed by atoms with van der Waals surface area (Å²) in [5, 5.41) is 0. The van der Waals surface area contributed by atoms with Gasteiger partial charge in [0, 0.05) is 7.05 Å². The molecule has 1 heterocycles. The van der Waals surface area contributed by atoms with Crippen molar-refractivity contribution in [1.29, 1.82) is 0 Å². The first kappa shape index (κ1) is 16.7. The highest BCUT2D eigenvalue weighted by Crippen LogP contribution is 2.34. The predicted octanol–water partition coefficient (Wildman–Crippen LogP) is 2.64. The molecule has 23 heavy (non-hydrogen) atoms. The van der Waals surface area contributed by atoms with Crippen LogP contribution in [0.5, 0.6) is 0 Å². The van der Waals surface area contributed by atoms with E-state index in [9.17, 15) is 22.8 Å². The third-order valence-electron chi connectivity index (χ3n) is 3.10. The summed E-state index contributed by atoms with van der Waals surface area (Å²) in [4.78, 5) is 26.9. The van der Waals surface area contributed by atoms with Crippen molar-refractivity contribution in [3.05, 3.63) is 52.1 Å². The SMILES string of the molecule is CCOC(=O)c1c(C(F)(F)F)nc(=O)n(C)c1-c1ccccc1. The van der Waals surface area contributed by atoms with Gasteiger partial charge in [0.1, 0.15) is 5.56 Å². The smallest absolute Gasteiger partial charge is 0.434 e. The van der Waals surface area contributed by atoms with Crippen LogP contribution < -0.4 is 5.69 Å². The molecule has 0 saturated carbocycles. The normalized spacial score (nSPS) is 11.3. The number of hydrogen-bond acceptors (Lipinski definition) is 4. The minimum absolute atomic E-state index is 0.104. The largest absolute Gasteiger partial charge is 0.462 e. The quantitative estimate of drug-likeness (QED) is 0.814. The summed E-state index contributed by atoms with van der Waals surface area (Å²) in [5.74, 6) is -1.18. The molecule has 0 fully saturated rings. The Labute approximate surface area is 129 Å². The molecule has 2 rings (SSSR count). The minimum atomic E-state index is -4.96. The fraction of sp³-hybridized carbons (Fsp3) is 0.267. The van der Waals surface area contributed by atoms with Crippen molar-refractivity contribution in [2.24, 2.45) is 7.05 Å². The van der Waals surface area contributed by atoms with Crippen LogP contribution in [0.2, 0.25) is 0 Å². The summed E-state index contributed by atoms with van der Waals surface area (Å²) >= 11 is 0. The lowest BCUT2D eigenvalue weighted by molar-refractivity contribution is -0.142. The van der Waals surface area contributed by atoms with E-state index in [4.69, 9.17) is 4.74 Å². The van der Waals surface area contributed by atoms with Crippen LogP contribution in [0, 0.1) is 0 Å². The number of carbonyl (C=O) groups is 1. The molecular weight excluding hydrogens is 313 g/mol. The Morgan fingerprint density at radius 3 is 2.39 bits per heavy atom. The van der Waals surface area contributed by atoms with E-state index in [1.54, 1.807) is 18.2 Å². The molecule has 0 N–H and O–H groups in total. The van der Waals surface area contributed by atoms with Gasteiger partial charge < -0.3 is 4.74 Å². The van der Waals surface area contributed by atoms with Crippen LogP contribution in [0.4, 0.5) is 13.2 Å². The highest BCUT2D eigenvalue weighted by atomic mass is 19.4. The molecule has 0 amide bonds. The number of ether oxygens (including phenoxy) is 1. The molecule has 0 radical (unpaired) electrons. The Bertz CT molecular complexity index is 783. The van der Waals surface area contributed by atoms with Crippen LogP contribution in [0.25, 0.3) is 11.3 Å². The third kappa shape index (κ3) is 3.25. The highest BCUT2D eigenvalue weighted by Gasteiger charge is 2.41. The molecule has 8 heteroatoms. The number of hydrogen-bond donors (Lipinski definition) is 0. The van der Waals surface area contributed by atoms with Gasteiger partial charge in [-0.25, -0.2) is 9.59 Å². The second-order valence-corrected chi connectivity index (χ2v) is 4.61. The maximum absolute atomic E-state index is 13.2. The van der Waals surface area contributed by atoms with Gasteiger partial charge in [0.05, 0.1) is 12.3 Å². The maximum Gasteiger partial charge on any atom is 0.434 e. The molecule has 0 bridgehead atoms. The van der Waals surface area contributed by atoms with E-state index in [0.29, 0.717) is 0 Å². The number of nitrogens with zero attached hydrogens (tertiary/aromatic N) is 2. The topological polar surface area (TPSA) is 61.2 Å². The van der Waals surface area contributed by atoms with Gasteiger partial charge in [-0.2, -0.15) is 18.2 Å². The number of aromatic nitrogens is 2. The minimum Gasteiger partial charge on any atom is -0.462 e. The lowest BCUT2D eigenvalue weighted by atomic mass is 10.0. The Balaban J connectivity index is 2.90. The fourth-order valence-corrected chi connectivity index (χ4v) is 2.14. The zero-order valence-electron chi connectivity index (χ0n) is 12.3. The summed E-state index contributed by atoms with van der Waals surface area (Å²) in [6.07, 6.45) is -4.96. The van der Waals surface area contributed by atoms with Crippen LogP contribution in [-0.2, 0) is 18.0 Å². The Hall–Kier alpha value is -2.64. The number of esters is 1. The predicted molar refractivity (Wildman–Crippen MR) is 75.9 cm³/mol. The van der Waals surface area contributed by atoms with E-state index in [2.05, 4.69) is 4.98 Å². The van der Waals surface area contributed by atoms with E-state index < -0.39 is 29.1 Å². The lowest BCUT2D eigenvalue weighted by Crippen LogP contribution is -2.31. The second kappa shape index (κ2) is 6.23. The van der Waals surface area contributed by atoms with Crippen molar-refractivity contribution in [2.75, 3.05) is 6.61 Å². The monoisotopic (exact) mass is 326 g/mol. The van der Waals surface area contributed by atoms with Crippen LogP contribution >= 0.6 is 0 Å². The van der Waals surface area contributed by atoms with Crippen LogP contribution in [0.15, 0.2) is 35.1 Å². The molecule has 122 valence electrons. The first-order chi connectivity index (χ1) is 10.8. The summed E-state index contributed by atoms with van der Waals surface area (Å²) in [6.45, 7) is 1.37. The van der Waals surface area contributed by atoms with E-state index in [1.165, 1.54) is 26.1 Å². The van der Waals surface area contributed by atoms with Gasteiger partial charge in [-0.05, 0) is 12.5 Å². The number of benzene rings is 1. The fourth-order valence-electron chi connectivity index (χ4n) is 2.14. The van der Waals surface area contributed by atoms with E-state index in [-0.39, 0.29) is 17.9 Å². The van der Waals surface area contributed by atoms with Crippen molar-refractivity contribution in [3.63, 3.8) is 0 Å². The maximum atomic E-state index is 13.2. The highest BCUT2D eigenvalue weighted by molar-refractivity contribution is 5.97. The number of alkyl halides is 3. The Morgan fingerprint density at radius 1 is 1.26 bits per heavy atom. The van der Waals surface area contributed by atoms with Gasteiger partial charge in [-0.1, -0.05) is 30.3 Å². The van der Waals surface area contributed by atoms with E-state index >= 15 is 0 Å². The van der Waals surface area contributed by atoms with E-state index in [0.717, 1.165) is 4.57 Å². The number of halogens is 3. The van der Waals surface area contributed by atoms with Gasteiger partial charge in [0.15, 0.2) is 5.69 Å². The van der Waals surface area contributed by atoms with Gasteiger partial charge in [-0.3, -0.25) is 4.57 Å². The molecule has 0 unspecified atom stereocenters. The average molecular weight is 326 g/mol. The third-order valence-corrected chi connectivity index (χ3v) is 3.10. The van der Waals surface area contributed by atoms with Crippen molar-refractivity contribution in [1.82, 2.24) is 9.55 Å². The van der Waals surface area contributed by atoms with Crippen molar-refractivity contribution in [3.8, 4) is 11.3 Å². The number of carbonyl (C=O) groups excluding carboxylic acids is 1. The molecular formula is C15H13F3N2O3. The molecule has 1 aromatic heterocycles. The second-order valence-electron chi connectivity index (χ2n) is 4.61. The van der Waals surface area contributed by atoms with E-state index in [1.807, 2.05) is 0 Å². The zero-order chi connectivity index (χ0) is 17.2. The van der Waals surface area contributed by atoms with Crippen molar-refractivity contribution >= 4 is 5.97 Å². The summed E-state index contributed by atoms with van der Waals surface area (Å²) in [7, 11) is 1.25. The van der Waals surface area contributed by atoms with Crippen LogP contribution in [-0.4, -0.2) is 22.1 Å². The molecule has 0 atom stereocenters. The number of rotatable bonds is 3. The van der Waals surface area contributed by atoms with Crippen LogP contribution in [0.1, 0.15) is 23.0 Å². The van der Waals surface area contributed by atoms with Gasteiger partial charge in [0.25, 0.3) is 0 Å². The molecule has 5 nitrogen and oxygen atoms in total. The van der Waals surface area contributed by atoms with Crippen LogP contribution in [0.3, 0.4) is 0 Å². The molecule has 2 aromatic rings.